The molecule has 0 aliphatic carbocycles. The van der Waals surface area contributed by atoms with Gasteiger partial charge >= 0.3 is 0 Å². The highest BCUT2D eigenvalue weighted by molar-refractivity contribution is 7.07. The Morgan fingerprint density at radius 2 is 1.90 bits per heavy atom. The summed E-state index contributed by atoms with van der Waals surface area (Å²) in [5.41, 5.74) is 4.11. The summed E-state index contributed by atoms with van der Waals surface area (Å²) in [6.45, 7) is 5.58. The number of nitrogens with one attached hydrogen (secondary N) is 1. The Labute approximate surface area is 125 Å². The molecule has 1 aromatic carbocycles. The van der Waals surface area contributed by atoms with Gasteiger partial charge in [0, 0.05) is 31.4 Å². The van der Waals surface area contributed by atoms with Crippen molar-refractivity contribution in [2.45, 2.75) is 32.4 Å². The smallest absolute Gasteiger partial charge is 0.0366 e. The number of rotatable bonds is 5. The lowest BCUT2D eigenvalue weighted by atomic mass is 10.1. The molecule has 0 spiro atoms. The predicted molar refractivity (Wildman–Crippen MR) is 87.5 cm³/mol. The van der Waals surface area contributed by atoms with Crippen molar-refractivity contribution in [1.82, 2.24) is 5.32 Å². The van der Waals surface area contributed by atoms with Crippen molar-refractivity contribution in [3.05, 3.63) is 52.2 Å². The number of anilines is 1. The molecule has 106 valence electrons. The number of thiophene rings is 1. The highest BCUT2D eigenvalue weighted by Gasteiger charge is 2.11. The lowest BCUT2D eigenvalue weighted by Crippen LogP contribution is -2.19. The molecule has 3 heteroatoms. The molecular formula is C17H22N2S. The first kappa shape index (κ1) is 13.7. The van der Waals surface area contributed by atoms with Gasteiger partial charge in [-0.2, -0.15) is 11.3 Å². The lowest BCUT2D eigenvalue weighted by Gasteiger charge is -2.18. The number of hydrogen-bond donors (Lipinski definition) is 1. The Morgan fingerprint density at radius 3 is 2.55 bits per heavy atom. The van der Waals surface area contributed by atoms with Gasteiger partial charge in [-0.05, 0) is 59.9 Å². The van der Waals surface area contributed by atoms with Gasteiger partial charge in [-0.25, -0.2) is 0 Å². The molecule has 1 saturated heterocycles. The maximum atomic E-state index is 3.58. The van der Waals surface area contributed by atoms with E-state index in [1.807, 2.05) is 0 Å². The zero-order valence-corrected chi connectivity index (χ0v) is 12.8. The Morgan fingerprint density at radius 1 is 1.15 bits per heavy atom. The maximum Gasteiger partial charge on any atom is 0.0366 e. The van der Waals surface area contributed by atoms with E-state index in [1.165, 1.54) is 42.7 Å². The molecule has 1 atom stereocenters. The van der Waals surface area contributed by atoms with Gasteiger partial charge in [0.2, 0.25) is 0 Å². The summed E-state index contributed by atoms with van der Waals surface area (Å²) in [6, 6.07) is 11.6. The summed E-state index contributed by atoms with van der Waals surface area (Å²) < 4.78 is 0. The van der Waals surface area contributed by atoms with Crippen LogP contribution in [0.5, 0.6) is 0 Å². The average molecular weight is 286 g/mol. The van der Waals surface area contributed by atoms with Crippen molar-refractivity contribution in [2.24, 2.45) is 0 Å². The second-order valence-corrected chi connectivity index (χ2v) is 6.30. The fraction of sp³-hybridized carbons (Fsp3) is 0.412. The third-order valence-electron chi connectivity index (χ3n) is 4.06. The molecule has 0 radical (unpaired) electrons. The van der Waals surface area contributed by atoms with Crippen LogP contribution in [0.2, 0.25) is 0 Å². The average Bonchev–Trinajstić information content (AvgIpc) is 3.18. The third kappa shape index (κ3) is 3.22. The molecule has 1 aliphatic heterocycles. The Kier molecular flexibility index (Phi) is 4.38. The molecule has 0 amide bonds. The van der Waals surface area contributed by atoms with Crippen LogP contribution in [0.25, 0.3) is 0 Å². The second-order valence-electron chi connectivity index (χ2n) is 5.52. The van der Waals surface area contributed by atoms with Gasteiger partial charge in [0.05, 0.1) is 0 Å². The minimum Gasteiger partial charge on any atom is -0.372 e. The molecule has 3 rings (SSSR count). The van der Waals surface area contributed by atoms with E-state index < -0.39 is 0 Å². The zero-order valence-electron chi connectivity index (χ0n) is 12.0. The molecule has 1 fully saturated rings. The van der Waals surface area contributed by atoms with Crippen LogP contribution in [0.3, 0.4) is 0 Å². The third-order valence-corrected chi connectivity index (χ3v) is 4.76. The summed E-state index contributed by atoms with van der Waals surface area (Å²) in [7, 11) is 0. The minimum atomic E-state index is 0.416. The molecule has 0 saturated carbocycles. The Bertz CT molecular complexity index is 512. The minimum absolute atomic E-state index is 0.416. The SMILES string of the molecule is CC(NCc1ccc(N2CCCC2)cc1)c1ccsc1. The number of benzene rings is 1. The highest BCUT2D eigenvalue weighted by atomic mass is 32.1. The largest absolute Gasteiger partial charge is 0.372 e. The molecule has 2 nitrogen and oxygen atoms in total. The zero-order chi connectivity index (χ0) is 13.8. The van der Waals surface area contributed by atoms with Crippen LogP contribution in [-0.2, 0) is 6.54 Å². The Balaban J connectivity index is 1.55. The summed E-state index contributed by atoms with van der Waals surface area (Å²) in [4.78, 5) is 2.48. The molecule has 1 N–H and O–H groups in total. The molecule has 20 heavy (non-hydrogen) atoms. The van der Waals surface area contributed by atoms with Gasteiger partial charge in [0.25, 0.3) is 0 Å². The molecule has 0 bridgehead atoms. The monoisotopic (exact) mass is 286 g/mol. The van der Waals surface area contributed by atoms with Crippen LogP contribution in [0.1, 0.15) is 36.9 Å². The molecular weight excluding hydrogens is 264 g/mol. The van der Waals surface area contributed by atoms with Gasteiger partial charge in [-0.15, -0.1) is 0 Å². The van der Waals surface area contributed by atoms with Gasteiger partial charge in [0.15, 0.2) is 0 Å². The van der Waals surface area contributed by atoms with Gasteiger partial charge in [-0.3, -0.25) is 0 Å². The summed E-state index contributed by atoms with van der Waals surface area (Å²) >= 11 is 1.76. The van der Waals surface area contributed by atoms with Crippen molar-refractivity contribution in [3.63, 3.8) is 0 Å². The first-order valence-electron chi connectivity index (χ1n) is 7.42. The van der Waals surface area contributed by atoms with Gasteiger partial charge < -0.3 is 10.2 Å². The quantitative estimate of drug-likeness (QED) is 0.886. The Hall–Kier alpha value is -1.32. The van der Waals surface area contributed by atoms with Crippen LogP contribution in [-0.4, -0.2) is 13.1 Å². The molecule has 1 unspecified atom stereocenters. The highest BCUT2D eigenvalue weighted by Crippen LogP contribution is 2.21. The van der Waals surface area contributed by atoms with E-state index in [4.69, 9.17) is 0 Å². The molecule has 1 aliphatic rings. The molecule has 2 heterocycles. The van der Waals surface area contributed by atoms with E-state index in [0.717, 1.165) is 6.54 Å². The van der Waals surface area contributed by atoms with Crippen molar-refractivity contribution in [1.29, 1.82) is 0 Å². The van der Waals surface area contributed by atoms with Crippen LogP contribution in [0.15, 0.2) is 41.1 Å². The molecule has 2 aromatic rings. The van der Waals surface area contributed by atoms with E-state index >= 15 is 0 Å². The topological polar surface area (TPSA) is 15.3 Å². The lowest BCUT2D eigenvalue weighted by molar-refractivity contribution is 0.576. The summed E-state index contributed by atoms with van der Waals surface area (Å²) in [5, 5.41) is 7.94. The van der Waals surface area contributed by atoms with E-state index in [2.05, 4.69) is 58.2 Å². The first-order chi connectivity index (χ1) is 9.83. The summed E-state index contributed by atoms with van der Waals surface area (Å²) in [6.07, 6.45) is 2.67. The van der Waals surface area contributed by atoms with Crippen LogP contribution < -0.4 is 10.2 Å². The van der Waals surface area contributed by atoms with Crippen LogP contribution in [0, 0.1) is 0 Å². The van der Waals surface area contributed by atoms with E-state index in [0.29, 0.717) is 6.04 Å². The van der Waals surface area contributed by atoms with Crippen molar-refractivity contribution in [3.8, 4) is 0 Å². The molecule has 1 aromatic heterocycles. The number of nitrogens with zero attached hydrogens (tertiary/aromatic N) is 1. The van der Waals surface area contributed by atoms with E-state index in [-0.39, 0.29) is 0 Å². The normalized spacial score (nSPS) is 16.6. The fourth-order valence-electron chi connectivity index (χ4n) is 2.71. The predicted octanol–water partition coefficient (Wildman–Crippen LogP) is 4.20. The van der Waals surface area contributed by atoms with Crippen LogP contribution in [0.4, 0.5) is 5.69 Å². The van der Waals surface area contributed by atoms with Crippen LogP contribution >= 0.6 is 11.3 Å². The first-order valence-corrected chi connectivity index (χ1v) is 8.36. The maximum absolute atomic E-state index is 3.58. The fourth-order valence-corrected chi connectivity index (χ4v) is 3.46. The van der Waals surface area contributed by atoms with Crippen molar-refractivity contribution < 1.29 is 0 Å². The number of hydrogen-bond acceptors (Lipinski definition) is 3. The van der Waals surface area contributed by atoms with Crippen molar-refractivity contribution >= 4 is 17.0 Å². The van der Waals surface area contributed by atoms with Gasteiger partial charge in [0.1, 0.15) is 0 Å². The van der Waals surface area contributed by atoms with E-state index in [1.54, 1.807) is 11.3 Å². The summed E-state index contributed by atoms with van der Waals surface area (Å²) in [5.74, 6) is 0. The van der Waals surface area contributed by atoms with Gasteiger partial charge in [-0.1, -0.05) is 12.1 Å². The second kappa shape index (κ2) is 6.42. The van der Waals surface area contributed by atoms with E-state index in [9.17, 15) is 0 Å². The standard InChI is InChI=1S/C17H22N2S/c1-14(16-8-11-20-13-16)18-12-15-4-6-17(7-5-15)19-9-2-3-10-19/h4-8,11,13-14,18H,2-3,9-10,12H2,1H3. The van der Waals surface area contributed by atoms with Crippen molar-refractivity contribution in [2.75, 3.05) is 18.0 Å².